The standard InChI is InChI=1S/C36H24BNOS2/c39-37-30-16-8-10-18-33(30)41-35-23-25(22-34(36(35)37)40-27-13-5-2-6-14-27)24-19-20-32-29(21-24)28-15-7-9-17-31(28)38(32)26-11-3-1-4-12-26/h1-23,39H. The fourth-order valence-electron chi connectivity index (χ4n) is 5.90. The first-order valence-electron chi connectivity index (χ1n) is 13.7. The lowest BCUT2D eigenvalue weighted by Gasteiger charge is -2.25. The van der Waals surface area contributed by atoms with Gasteiger partial charge in [0, 0.05) is 36.0 Å². The second kappa shape index (κ2) is 10.0. The number of benzene rings is 6. The van der Waals surface area contributed by atoms with Gasteiger partial charge in [-0.25, -0.2) is 0 Å². The molecular formula is C36H24BNOS2. The van der Waals surface area contributed by atoms with Crippen LogP contribution in [0.3, 0.4) is 0 Å². The lowest BCUT2D eigenvalue weighted by molar-refractivity contribution is 0.597. The summed E-state index contributed by atoms with van der Waals surface area (Å²) in [6, 6.07) is 49.2. The van der Waals surface area contributed by atoms with E-state index < -0.39 is 6.92 Å². The molecule has 2 heterocycles. The van der Waals surface area contributed by atoms with Crippen molar-refractivity contribution >= 4 is 63.2 Å². The molecule has 8 rings (SSSR count). The van der Waals surface area contributed by atoms with E-state index in [2.05, 4.69) is 120 Å². The third-order valence-corrected chi connectivity index (χ3v) is 10.0. The molecule has 0 saturated carbocycles. The highest BCUT2D eigenvalue weighted by Crippen LogP contribution is 2.40. The zero-order valence-electron chi connectivity index (χ0n) is 22.1. The predicted molar refractivity (Wildman–Crippen MR) is 175 cm³/mol. The lowest BCUT2D eigenvalue weighted by atomic mass is 9.55. The van der Waals surface area contributed by atoms with Gasteiger partial charge in [0.15, 0.2) is 0 Å². The number of aromatic nitrogens is 1. The summed E-state index contributed by atoms with van der Waals surface area (Å²) in [6.07, 6.45) is 0. The van der Waals surface area contributed by atoms with Gasteiger partial charge >= 0.3 is 6.92 Å². The Morgan fingerprint density at radius 3 is 2.15 bits per heavy atom. The van der Waals surface area contributed by atoms with E-state index in [4.69, 9.17) is 0 Å². The summed E-state index contributed by atoms with van der Waals surface area (Å²) < 4.78 is 2.35. The van der Waals surface area contributed by atoms with Gasteiger partial charge in [0.1, 0.15) is 0 Å². The van der Waals surface area contributed by atoms with Crippen molar-refractivity contribution in [2.45, 2.75) is 19.6 Å². The highest BCUT2D eigenvalue weighted by molar-refractivity contribution is 8.01. The number of para-hydroxylation sites is 2. The van der Waals surface area contributed by atoms with E-state index in [0.717, 1.165) is 41.8 Å². The molecule has 41 heavy (non-hydrogen) atoms. The average Bonchev–Trinajstić information content (AvgIpc) is 3.35. The molecule has 1 aromatic heterocycles. The van der Waals surface area contributed by atoms with Gasteiger partial charge in [0.2, 0.25) is 0 Å². The molecule has 0 radical (unpaired) electrons. The van der Waals surface area contributed by atoms with Gasteiger partial charge in [0.05, 0.1) is 11.0 Å². The first-order chi connectivity index (χ1) is 20.2. The maximum Gasteiger partial charge on any atom is 0.362 e. The highest BCUT2D eigenvalue weighted by Gasteiger charge is 2.32. The summed E-state index contributed by atoms with van der Waals surface area (Å²) in [5.41, 5.74) is 7.84. The molecule has 6 aromatic carbocycles. The first-order valence-corrected chi connectivity index (χ1v) is 15.3. The van der Waals surface area contributed by atoms with E-state index in [1.807, 2.05) is 24.3 Å². The van der Waals surface area contributed by atoms with Crippen LogP contribution in [0.4, 0.5) is 0 Å². The van der Waals surface area contributed by atoms with Crippen molar-refractivity contribution in [2.75, 3.05) is 0 Å². The second-order valence-electron chi connectivity index (χ2n) is 10.3. The van der Waals surface area contributed by atoms with Crippen LogP contribution >= 0.6 is 23.5 Å². The highest BCUT2D eigenvalue weighted by atomic mass is 32.2. The quantitative estimate of drug-likeness (QED) is 0.220. The molecule has 0 amide bonds. The van der Waals surface area contributed by atoms with Crippen LogP contribution in [0.25, 0.3) is 38.6 Å². The summed E-state index contributed by atoms with van der Waals surface area (Å²) in [4.78, 5) is 4.47. The van der Waals surface area contributed by atoms with Crippen molar-refractivity contribution in [3.05, 3.63) is 140 Å². The number of fused-ring (bicyclic) bond motifs is 5. The molecule has 2 nitrogen and oxygen atoms in total. The Bertz CT molecular complexity index is 2070. The van der Waals surface area contributed by atoms with Gasteiger partial charge in [-0.2, -0.15) is 0 Å². The summed E-state index contributed by atoms with van der Waals surface area (Å²) in [7, 11) is 0. The topological polar surface area (TPSA) is 25.2 Å². The molecule has 1 aliphatic rings. The Balaban J connectivity index is 1.33. The van der Waals surface area contributed by atoms with Gasteiger partial charge in [-0.15, -0.1) is 0 Å². The molecule has 0 aliphatic carbocycles. The SMILES string of the molecule is OB1c2ccccc2Sc2cc(-c3ccc4c(c3)c3ccccc3n4-c3ccccc3)cc(Sc3ccccc3)c21. The Hall–Kier alpha value is -4.16. The summed E-state index contributed by atoms with van der Waals surface area (Å²) >= 11 is 3.47. The van der Waals surface area contributed by atoms with E-state index in [-0.39, 0.29) is 0 Å². The van der Waals surface area contributed by atoms with Crippen LogP contribution < -0.4 is 10.9 Å². The predicted octanol–water partition coefficient (Wildman–Crippen LogP) is 8.16. The second-order valence-corrected chi connectivity index (χ2v) is 12.5. The van der Waals surface area contributed by atoms with E-state index >= 15 is 0 Å². The number of hydrogen-bond donors (Lipinski definition) is 1. The number of rotatable bonds is 4. The zero-order chi connectivity index (χ0) is 27.3. The smallest absolute Gasteiger partial charge is 0.362 e. The molecule has 0 spiro atoms. The zero-order valence-corrected chi connectivity index (χ0v) is 23.7. The number of hydrogen-bond acceptors (Lipinski definition) is 3. The van der Waals surface area contributed by atoms with E-state index in [0.29, 0.717) is 0 Å². The fraction of sp³-hybridized carbons (Fsp3) is 0. The van der Waals surface area contributed by atoms with Crippen LogP contribution in [0.15, 0.2) is 159 Å². The minimum Gasteiger partial charge on any atom is -0.443 e. The maximum absolute atomic E-state index is 11.6. The third-order valence-electron chi connectivity index (χ3n) is 7.80. The maximum atomic E-state index is 11.6. The van der Waals surface area contributed by atoms with Crippen molar-refractivity contribution in [2.24, 2.45) is 0 Å². The van der Waals surface area contributed by atoms with Crippen LogP contribution in [0.5, 0.6) is 0 Å². The minimum atomic E-state index is -0.658. The fourth-order valence-corrected chi connectivity index (χ4v) is 8.23. The average molecular weight is 562 g/mol. The number of nitrogens with zero attached hydrogens (tertiary/aromatic N) is 1. The van der Waals surface area contributed by atoms with Crippen LogP contribution in [-0.4, -0.2) is 16.5 Å². The van der Waals surface area contributed by atoms with Crippen molar-refractivity contribution < 1.29 is 5.02 Å². The molecule has 0 fully saturated rings. The van der Waals surface area contributed by atoms with Crippen LogP contribution in [-0.2, 0) is 0 Å². The van der Waals surface area contributed by atoms with E-state index in [1.165, 1.54) is 27.4 Å². The van der Waals surface area contributed by atoms with Crippen LogP contribution in [0, 0.1) is 0 Å². The monoisotopic (exact) mass is 561 g/mol. The van der Waals surface area contributed by atoms with Gasteiger partial charge in [-0.3, -0.25) is 0 Å². The Labute approximate surface area is 247 Å². The summed E-state index contributed by atoms with van der Waals surface area (Å²) in [6.45, 7) is -0.658. The lowest BCUT2D eigenvalue weighted by Crippen LogP contribution is -2.47. The molecule has 194 valence electrons. The molecule has 5 heteroatoms. The van der Waals surface area contributed by atoms with E-state index in [1.54, 1.807) is 23.5 Å². The largest absolute Gasteiger partial charge is 0.443 e. The van der Waals surface area contributed by atoms with Crippen molar-refractivity contribution in [1.29, 1.82) is 0 Å². The van der Waals surface area contributed by atoms with Gasteiger partial charge in [0.25, 0.3) is 0 Å². The van der Waals surface area contributed by atoms with E-state index in [9.17, 15) is 5.02 Å². The van der Waals surface area contributed by atoms with Crippen molar-refractivity contribution in [3.63, 3.8) is 0 Å². The molecule has 0 unspecified atom stereocenters. The minimum absolute atomic E-state index is 0.658. The molecular weight excluding hydrogens is 537 g/mol. The van der Waals surface area contributed by atoms with Crippen molar-refractivity contribution in [3.8, 4) is 16.8 Å². The van der Waals surface area contributed by atoms with Crippen molar-refractivity contribution in [1.82, 2.24) is 4.57 Å². The first kappa shape index (κ1) is 24.6. The Morgan fingerprint density at radius 1 is 0.585 bits per heavy atom. The molecule has 0 atom stereocenters. The molecule has 7 aromatic rings. The van der Waals surface area contributed by atoms with Gasteiger partial charge in [-0.05, 0) is 82.7 Å². The Morgan fingerprint density at radius 2 is 1.29 bits per heavy atom. The van der Waals surface area contributed by atoms with Crippen LogP contribution in [0.2, 0.25) is 0 Å². The van der Waals surface area contributed by atoms with Gasteiger partial charge < -0.3 is 9.59 Å². The van der Waals surface area contributed by atoms with Gasteiger partial charge in [-0.1, -0.05) is 102 Å². The summed E-state index contributed by atoms with van der Waals surface area (Å²) in [5.74, 6) is 0. The molecule has 1 N–H and O–H groups in total. The third kappa shape index (κ3) is 4.20. The summed E-state index contributed by atoms with van der Waals surface area (Å²) in [5, 5.41) is 14.0. The normalized spacial score (nSPS) is 12.5. The Kier molecular flexibility index (Phi) is 6.03. The van der Waals surface area contributed by atoms with Crippen LogP contribution in [0.1, 0.15) is 0 Å². The molecule has 1 aliphatic heterocycles. The molecule has 0 bridgehead atoms. The molecule has 0 saturated heterocycles.